The van der Waals surface area contributed by atoms with Gasteiger partial charge in [0.2, 0.25) is 5.13 Å². The molecule has 0 aliphatic rings. The quantitative estimate of drug-likeness (QED) is 0.624. The third-order valence-electron chi connectivity index (χ3n) is 3.01. The molecule has 3 rings (SSSR count). The average Bonchev–Trinajstić information content (AvgIpc) is 2.97. The van der Waals surface area contributed by atoms with E-state index >= 15 is 0 Å². The van der Waals surface area contributed by atoms with Crippen LogP contribution in [-0.2, 0) is 0 Å². The number of thiazole rings is 1. The van der Waals surface area contributed by atoms with E-state index < -0.39 is 0 Å². The molecule has 2 aromatic carbocycles. The Bertz CT molecular complexity index is 778. The molecule has 1 aromatic heterocycles. The van der Waals surface area contributed by atoms with Gasteiger partial charge in [-0.25, -0.2) is 14.4 Å². The number of hydrogen-bond donors (Lipinski definition) is 0. The Morgan fingerprint density at radius 2 is 1.95 bits per heavy atom. The maximum absolute atomic E-state index is 13.8. The van der Waals surface area contributed by atoms with Gasteiger partial charge in [0.25, 0.3) is 0 Å². The molecule has 0 saturated heterocycles. The summed E-state index contributed by atoms with van der Waals surface area (Å²) in [6.07, 6.45) is 1.76. The van der Waals surface area contributed by atoms with Gasteiger partial charge in [0.15, 0.2) is 0 Å². The predicted octanol–water partition coefficient (Wildman–Crippen LogP) is 5.01. The third-order valence-corrected chi connectivity index (χ3v) is 3.76. The van der Waals surface area contributed by atoms with Crippen LogP contribution in [0.25, 0.3) is 11.3 Å². The topological polar surface area (TPSA) is 25.2 Å². The lowest BCUT2D eigenvalue weighted by molar-refractivity contribution is 0.630. The highest BCUT2D eigenvalue weighted by Gasteiger charge is 2.09. The van der Waals surface area contributed by atoms with E-state index in [2.05, 4.69) is 9.98 Å². The summed E-state index contributed by atoms with van der Waals surface area (Å²) in [5.41, 5.74) is 3.17. The summed E-state index contributed by atoms with van der Waals surface area (Å²) in [5.74, 6) is -0.260. The van der Waals surface area contributed by atoms with Gasteiger partial charge in [-0.3, -0.25) is 0 Å². The average molecular weight is 296 g/mol. The molecule has 21 heavy (non-hydrogen) atoms. The van der Waals surface area contributed by atoms with Crippen molar-refractivity contribution >= 4 is 22.7 Å². The molecule has 0 spiro atoms. The molecular formula is C17H13FN2S. The Hall–Kier alpha value is -2.33. The number of aliphatic imine (C=N–C) groups is 1. The van der Waals surface area contributed by atoms with E-state index in [0.29, 0.717) is 16.4 Å². The van der Waals surface area contributed by atoms with E-state index in [1.807, 2.05) is 42.6 Å². The zero-order valence-corrected chi connectivity index (χ0v) is 12.3. The number of benzene rings is 2. The first-order chi connectivity index (χ1) is 10.2. The summed E-state index contributed by atoms with van der Waals surface area (Å²) in [5, 5.41) is 2.45. The van der Waals surface area contributed by atoms with Crippen LogP contribution >= 0.6 is 11.3 Å². The summed E-state index contributed by atoms with van der Waals surface area (Å²) in [4.78, 5) is 8.71. The van der Waals surface area contributed by atoms with Crippen LogP contribution in [0, 0.1) is 12.7 Å². The van der Waals surface area contributed by atoms with E-state index in [0.717, 1.165) is 11.1 Å². The van der Waals surface area contributed by atoms with Gasteiger partial charge in [-0.05, 0) is 24.6 Å². The van der Waals surface area contributed by atoms with Crippen molar-refractivity contribution in [3.63, 3.8) is 0 Å². The second kappa shape index (κ2) is 5.97. The molecule has 0 saturated carbocycles. The highest BCUT2D eigenvalue weighted by atomic mass is 32.1. The van der Waals surface area contributed by atoms with Crippen LogP contribution in [0.1, 0.15) is 11.1 Å². The van der Waals surface area contributed by atoms with Crippen LogP contribution in [0.3, 0.4) is 0 Å². The minimum Gasteiger partial charge on any atom is -0.227 e. The molecule has 0 atom stereocenters. The molecule has 0 aliphatic heterocycles. The minimum atomic E-state index is -0.260. The summed E-state index contributed by atoms with van der Waals surface area (Å²) >= 11 is 1.40. The molecule has 0 unspecified atom stereocenters. The van der Waals surface area contributed by atoms with Crippen LogP contribution in [0.4, 0.5) is 9.52 Å². The van der Waals surface area contributed by atoms with Crippen LogP contribution in [0.2, 0.25) is 0 Å². The van der Waals surface area contributed by atoms with Crippen LogP contribution < -0.4 is 0 Å². The molecule has 104 valence electrons. The maximum atomic E-state index is 13.8. The fourth-order valence-corrected chi connectivity index (χ4v) is 2.61. The number of nitrogens with zero attached hydrogens (tertiary/aromatic N) is 2. The molecule has 0 amide bonds. The Morgan fingerprint density at radius 1 is 1.14 bits per heavy atom. The monoisotopic (exact) mass is 296 g/mol. The molecule has 3 aromatic rings. The SMILES string of the molecule is Cc1ccc(F)c(-c2csc(N=Cc3ccccc3)n2)c1. The molecule has 0 fully saturated rings. The minimum absolute atomic E-state index is 0.260. The van der Waals surface area contributed by atoms with E-state index in [-0.39, 0.29) is 5.82 Å². The first-order valence-corrected chi connectivity index (χ1v) is 7.41. The second-order valence-electron chi connectivity index (χ2n) is 4.67. The van der Waals surface area contributed by atoms with Gasteiger partial charge >= 0.3 is 0 Å². The number of rotatable bonds is 3. The molecular weight excluding hydrogens is 283 g/mol. The van der Waals surface area contributed by atoms with Crippen molar-refractivity contribution in [3.05, 3.63) is 70.9 Å². The van der Waals surface area contributed by atoms with Crippen molar-refractivity contribution in [3.8, 4) is 11.3 Å². The van der Waals surface area contributed by atoms with Crippen molar-refractivity contribution in [1.82, 2.24) is 4.98 Å². The summed E-state index contributed by atoms with van der Waals surface area (Å²) in [6, 6.07) is 14.8. The van der Waals surface area contributed by atoms with Crippen molar-refractivity contribution in [1.29, 1.82) is 0 Å². The molecule has 2 nitrogen and oxygen atoms in total. The lowest BCUT2D eigenvalue weighted by atomic mass is 10.1. The highest BCUT2D eigenvalue weighted by Crippen LogP contribution is 2.29. The zero-order chi connectivity index (χ0) is 14.7. The normalized spacial score (nSPS) is 11.1. The van der Waals surface area contributed by atoms with Gasteiger partial charge in [0, 0.05) is 17.2 Å². The van der Waals surface area contributed by atoms with Gasteiger partial charge in [-0.15, -0.1) is 11.3 Å². The Morgan fingerprint density at radius 3 is 2.76 bits per heavy atom. The van der Waals surface area contributed by atoms with E-state index in [1.165, 1.54) is 17.4 Å². The maximum Gasteiger partial charge on any atom is 0.209 e. The van der Waals surface area contributed by atoms with Crippen LogP contribution in [0.5, 0.6) is 0 Å². The summed E-state index contributed by atoms with van der Waals surface area (Å²) in [6.45, 7) is 1.93. The molecule has 0 radical (unpaired) electrons. The number of aryl methyl sites for hydroxylation is 1. The zero-order valence-electron chi connectivity index (χ0n) is 11.5. The molecule has 0 bridgehead atoms. The second-order valence-corrected chi connectivity index (χ2v) is 5.50. The molecule has 0 N–H and O–H groups in total. The van der Waals surface area contributed by atoms with E-state index in [1.54, 1.807) is 18.3 Å². The summed E-state index contributed by atoms with van der Waals surface area (Å²) in [7, 11) is 0. The number of aromatic nitrogens is 1. The smallest absolute Gasteiger partial charge is 0.209 e. The van der Waals surface area contributed by atoms with Crippen LogP contribution in [-0.4, -0.2) is 11.2 Å². The lowest BCUT2D eigenvalue weighted by Gasteiger charge is -2.00. The van der Waals surface area contributed by atoms with Crippen molar-refractivity contribution in [2.24, 2.45) is 4.99 Å². The van der Waals surface area contributed by atoms with E-state index in [9.17, 15) is 4.39 Å². The first-order valence-electron chi connectivity index (χ1n) is 6.53. The fraction of sp³-hybridized carbons (Fsp3) is 0.0588. The van der Waals surface area contributed by atoms with Gasteiger partial charge in [-0.2, -0.15) is 0 Å². The molecule has 4 heteroatoms. The van der Waals surface area contributed by atoms with Gasteiger partial charge in [0.05, 0.1) is 5.69 Å². The van der Waals surface area contributed by atoms with Crippen molar-refractivity contribution in [2.45, 2.75) is 6.92 Å². The van der Waals surface area contributed by atoms with E-state index in [4.69, 9.17) is 0 Å². The Labute approximate surface area is 126 Å². The molecule has 1 heterocycles. The highest BCUT2D eigenvalue weighted by molar-refractivity contribution is 7.13. The summed E-state index contributed by atoms with van der Waals surface area (Å²) < 4.78 is 13.8. The predicted molar refractivity (Wildman–Crippen MR) is 85.9 cm³/mol. The third kappa shape index (κ3) is 3.23. The fourth-order valence-electron chi connectivity index (χ4n) is 1.95. The molecule has 0 aliphatic carbocycles. The van der Waals surface area contributed by atoms with Gasteiger partial charge in [0.1, 0.15) is 5.82 Å². The number of halogens is 1. The largest absolute Gasteiger partial charge is 0.227 e. The Kier molecular flexibility index (Phi) is 3.88. The Balaban J connectivity index is 1.87. The standard InChI is InChI=1S/C17H13FN2S/c1-12-7-8-15(18)14(9-12)16-11-21-17(20-16)19-10-13-5-3-2-4-6-13/h2-11H,1H3. The van der Waals surface area contributed by atoms with Crippen molar-refractivity contribution < 1.29 is 4.39 Å². The number of hydrogen-bond acceptors (Lipinski definition) is 3. The van der Waals surface area contributed by atoms with Crippen molar-refractivity contribution in [2.75, 3.05) is 0 Å². The van der Waals surface area contributed by atoms with Gasteiger partial charge < -0.3 is 0 Å². The lowest BCUT2D eigenvalue weighted by Crippen LogP contribution is -1.85. The van der Waals surface area contributed by atoms with Crippen LogP contribution in [0.15, 0.2) is 58.9 Å². The first kappa shape index (κ1) is 13.6. The van der Waals surface area contributed by atoms with Gasteiger partial charge in [-0.1, -0.05) is 42.0 Å².